The summed E-state index contributed by atoms with van der Waals surface area (Å²) in [5, 5.41) is 43.2. The molecular weight excluding hydrogens is 392 g/mol. The minimum absolute atomic E-state index is 0.0275. The zero-order valence-corrected chi connectivity index (χ0v) is 17.0. The largest absolute Gasteiger partial charge is 0.504 e. The second-order valence-corrected chi connectivity index (χ2v) is 7.77. The molecular formula is C21H26N2O7. The highest BCUT2D eigenvalue weighted by Gasteiger charge is 2.25. The zero-order valence-electron chi connectivity index (χ0n) is 17.0. The number of alkyl carbamates (subject to hydrolysis) is 1. The molecule has 0 bridgehead atoms. The highest BCUT2D eigenvalue weighted by Crippen LogP contribution is 2.26. The number of benzene rings is 2. The van der Waals surface area contributed by atoms with Crippen molar-refractivity contribution in [2.75, 3.05) is 0 Å². The number of phenolic OH excluding ortho intramolecular Hbond substituents is 4. The van der Waals surface area contributed by atoms with Crippen LogP contribution in [0.1, 0.15) is 31.9 Å². The van der Waals surface area contributed by atoms with Gasteiger partial charge in [0, 0.05) is 13.0 Å². The molecule has 0 aromatic heterocycles. The van der Waals surface area contributed by atoms with E-state index in [0.717, 1.165) is 0 Å². The lowest BCUT2D eigenvalue weighted by Gasteiger charge is -2.23. The van der Waals surface area contributed by atoms with Gasteiger partial charge in [-0.05, 0) is 56.2 Å². The number of carbonyl (C=O) groups is 2. The van der Waals surface area contributed by atoms with Crippen LogP contribution >= 0.6 is 0 Å². The van der Waals surface area contributed by atoms with E-state index in [0.29, 0.717) is 11.1 Å². The molecule has 0 saturated carbocycles. The SMILES string of the molecule is CC(C)(C)OC(=O)N[C@@H](Cc1ccc(O)c(O)c1)C(=O)NCc1ccc(O)c(O)c1. The van der Waals surface area contributed by atoms with Crippen LogP contribution in [0.15, 0.2) is 36.4 Å². The van der Waals surface area contributed by atoms with E-state index in [9.17, 15) is 30.0 Å². The van der Waals surface area contributed by atoms with E-state index in [1.807, 2.05) is 0 Å². The van der Waals surface area contributed by atoms with Crippen molar-refractivity contribution in [1.29, 1.82) is 0 Å². The molecule has 0 aliphatic carbocycles. The van der Waals surface area contributed by atoms with Crippen LogP contribution in [0.3, 0.4) is 0 Å². The van der Waals surface area contributed by atoms with Gasteiger partial charge in [0.1, 0.15) is 11.6 Å². The first-order valence-corrected chi connectivity index (χ1v) is 9.23. The Bertz CT molecular complexity index is 922. The van der Waals surface area contributed by atoms with E-state index >= 15 is 0 Å². The van der Waals surface area contributed by atoms with Crippen molar-refractivity contribution in [2.45, 2.75) is 45.4 Å². The lowest BCUT2D eigenvalue weighted by atomic mass is 10.0. The molecule has 2 amide bonds. The third kappa shape index (κ3) is 6.77. The first kappa shape index (κ1) is 22.7. The highest BCUT2D eigenvalue weighted by molar-refractivity contribution is 5.86. The van der Waals surface area contributed by atoms with Gasteiger partial charge in [-0.3, -0.25) is 4.79 Å². The van der Waals surface area contributed by atoms with Gasteiger partial charge >= 0.3 is 6.09 Å². The standard InChI is InChI=1S/C21H26N2O7/c1-21(2,3)30-20(29)23-14(8-12-4-6-15(24)17(26)9-12)19(28)22-11-13-5-7-16(25)18(27)10-13/h4-7,9-10,14,24-27H,8,11H2,1-3H3,(H,22,28)(H,23,29)/t14-/m0/s1. The summed E-state index contributed by atoms with van der Waals surface area (Å²) in [6, 6.07) is 7.20. The van der Waals surface area contributed by atoms with Crippen molar-refractivity contribution in [3.8, 4) is 23.0 Å². The second kappa shape index (κ2) is 9.25. The molecule has 2 aromatic rings. The average molecular weight is 418 g/mol. The van der Waals surface area contributed by atoms with Crippen LogP contribution in [0.5, 0.6) is 23.0 Å². The predicted molar refractivity (Wildman–Crippen MR) is 108 cm³/mol. The van der Waals surface area contributed by atoms with E-state index in [4.69, 9.17) is 4.74 Å². The summed E-state index contributed by atoms with van der Waals surface area (Å²) in [6.45, 7) is 5.12. The van der Waals surface area contributed by atoms with E-state index in [2.05, 4.69) is 10.6 Å². The topological polar surface area (TPSA) is 148 Å². The summed E-state index contributed by atoms with van der Waals surface area (Å²) >= 11 is 0. The van der Waals surface area contributed by atoms with Crippen LogP contribution < -0.4 is 10.6 Å². The van der Waals surface area contributed by atoms with Crippen LogP contribution in [0.4, 0.5) is 4.79 Å². The number of nitrogens with one attached hydrogen (secondary N) is 2. The molecule has 0 aliphatic heterocycles. The number of hydrogen-bond acceptors (Lipinski definition) is 7. The monoisotopic (exact) mass is 418 g/mol. The van der Waals surface area contributed by atoms with Crippen LogP contribution in [0.2, 0.25) is 0 Å². The molecule has 0 saturated heterocycles. The molecule has 0 spiro atoms. The summed E-state index contributed by atoms with van der Waals surface area (Å²) in [7, 11) is 0. The van der Waals surface area contributed by atoms with Gasteiger partial charge in [-0.2, -0.15) is 0 Å². The van der Waals surface area contributed by atoms with Gasteiger partial charge in [0.15, 0.2) is 23.0 Å². The normalized spacial score (nSPS) is 12.1. The van der Waals surface area contributed by atoms with Crippen molar-refractivity contribution in [2.24, 2.45) is 0 Å². The Kier molecular flexibility index (Phi) is 6.99. The van der Waals surface area contributed by atoms with Crippen LogP contribution in [0, 0.1) is 0 Å². The lowest BCUT2D eigenvalue weighted by Crippen LogP contribution is -2.49. The van der Waals surface area contributed by atoms with E-state index in [1.165, 1.54) is 36.4 Å². The van der Waals surface area contributed by atoms with Gasteiger partial charge in [0.05, 0.1) is 0 Å². The predicted octanol–water partition coefficient (Wildman–Crippen LogP) is 2.26. The number of phenols is 4. The summed E-state index contributed by atoms with van der Waals surface area (Å²) < 4.78 is 5.21. The zero-order chi connectivity index (χ0) is 22.5. The maximum absolute atomic E-state index is 12.7. The Hall–Kier alpha value is -3.62. The quantitative estimate of drug-likeness (QED) is 0.394. The Labute approximate surface area is 173 Å². The number of rotatable bonds is 6. The molecule has 0 radical (unpaired) electrons. The fraction of sp³-hybridized carbons (Fsp3) is 0.333. The number of amides is 2. The maximum Gasteiger partial charge on any atom is 0.408 e. The van der Waals surface area contributed by atoms with Gasteiger partial charge in [-0.15, -0.1) is 0 Å². The molecule has 1 atom stereocenters. The highest BCUT2D eigenvalue weighted by atomic mass is 16.6. The molecule has 0 aliphatic rings. The molecule has 2 aromatic carbocycles. The van der Waals surface area contributed by atoms with Gasteiger partial charge < -0.3 is 35.8 Å². The van der Waals surface area contributed by atoms with Gasteiger partial charge in [0.2, 0.25) is 5.91 Å². The Morgan fingerprint density at radius 3 is 1.97 bits per heavy atom. The molecule has 6 N–H and O–H groups in total. The molecule has 0 heterocycles. The summed E-state index contributed by atoms with van der Waals surface area (Å²) in [6.07, 6.45) is -0.757. The fourth-order valence-corrected chi connectivity index (χ4v) is 2.58. The van der Waals surface area contributed by atoms with Crippen molar-refractivity contribution < 1.29 is 34.8 Å². The third-order valence-corrected chi connectivity index (χ3v) is 3.99. The smallest absolute Gasteiger partial charge is 0.408 e. The van der Waals surface area contributed by atoms with Gasteiger partial charge in [-0.1, -0.05) is 12.1 Å². The molecule has 0 unspecified atom stereocenters. The van der Waals surface area contributed by atoms with Crippen molar-refractivity contribution in [3.63, 3.8) is 0 Å². The summed E-state index contributed by atoms with van der Waals surface area (Å²) in [5.41, 5.74) is 0.284. The minimum Gasteiger partial charge on any atom is -0.504 e. The number of hydrogen-bond donors (Lipinski definition) is 6. The van der Waals surface area contributed by atoms with Crippen LogP contribution in [0.25, 0.3) is 0 Å². The second-order valence-electron chi connectivity index (χ2n) is 7.77. The first-order chi connectivity index (χ1) is 13.9. The molecule has 162 valence electrons. The molecule has 2 rings (SSSR count). The van der Waals surface area contributed by atoms with E-state index < -0.39 is 23.6 Å². The van der Waals surface area contributed by atoms with Crippen LogP contribution in [-0.2, 0) is 22.5 Å². The van der Waals surface area contributed by atoms with E-state index in [1.54, 1.807) is 20.8 Å². The number of carbonyl (C=O) groups excluding carboxylic acids is 2. The van der Waals surface area contributed by atoms with Gasteiger partial charge in [0.25, 0.3) is 0 Å². The Balaban J connectivity index is 2.13. The summed E-state index contributed by atoms with van der Waals surface area (Å²) in [5.74, 6) is -1.76. The van der Waals surface area contributed by atoms with Crippen LogP contribution in [-0.4, -0.2) is 44.1 Å². The average Bonchev–Trinajstić information content (AvgIpc) is 2.63. The molecule has 30 heavy (non-hydrogen) atoms. The van der Waals surface area contributed by atoms with Crippen molar-refractivity contribution in [1.82, 2.24) is 10.6 Å². The van der Waals surface area contributed by atoms with Gasteiger partial charge in [-0.25, -0.2) is 4.79 Å². The Morgan fingerprint density at radius 2 is 1.43 bits per heavy atom. The molecule has 0 fully saturated rings. The Morgan fingerprint density at radius 1 is 0.900 bits per heavy atom. The first-order valence-electron chi connectivity index (χ1n) is 9.23. The fourth-order valence-electron chi connectivity index (χ4n) is 2.58. The van der Waals surface area contributed by atoms with E-state index in [-0.39, 0.29) is 36.0 Å². The van der Waals surface area contributed by atoms with Crippen molar-refractivity contribution in [3.05, 3.63) is 47.5 Å². The lowest BCUT2D eigenvalue weighted by molar-refractivity contribution is -0.123. The molecule has 9 heteroatoms. The number of aromatic hydroxyl groups is 4. The van der Waals surface area contributed by atoms with Crippen molar-refractivity contribution >= 4 is 12.0 Å². The minimum atomic E-state index is -1.03. The maximum atomic E-state index is 12.7. The number of ether oxygens (including phenoxy) is 1. The molecule has 9 nitrogen and oxygen atoms in total. The third-order valence-electron chi connectivity index (χ3n) is 3.99. The summed E-state index contributed by atoms with van der Waals surface area (Å²) in [4.78, 5) is 24.9.